The highest BCUT2D eigenvalue weighted by molar-refractivity contribution is 5.83. The van der Waals surface area contributed by atoms with Crippen molar-refractivity contribution >= 4 is 5.91 Å². The molecule has 0 spiro atoms. The lowest BCUT2D eigenvalue weighted by atomic mass is 10.0. The third-order valence-corrected chi connectivity index (χ3v) is 5.45. The number of rotatable bonds is 3. The van der Waals surface area contributed by atoms with Gasteiger partial charge in [0.2, 0.25) is 5.91 Å². The standard InChI is InChI=1S/C18H23N3O2/c1-11-17(12(2)20(3)19-11)15-6-4-8-21(15)18(22)14-10-13(14)16-7-5-9-23-16/h5,7,9,13-15H,4,6,8,10H2,1-3H3/t13-,14+,15-/m0/s1. The molecule has 5 heteroatoms. The fourth-order valence-corrected chi connectivity index (χ4v) is 4.10. The van der Waals surface area contributed by atoms with E-state index in [9.17, 15) is 4.79 Å². The number of aryl methyl sites for hydroxylation is 2. The van der Waals surface area contributed by atoms with Crippen molar-refractivity contribution in [2.45, 2.75) is 45.1 Å². The van der Waals surface area contributed by atoms with Gasteiger partial charge in [0.1, 0.15) is 5.76 Å². The van der Waals surface area contributed by atoms with E-state index >= 15 is 0 Å². The van der Waals surface area contributed by atoms with Crippen molar-refractivity contribution in [1.82, 2.24) is 14.7 Å². The number of amides is 1. The zero-order valence-corrected chi connectivity index (χ0v) is 14.0. The maximum atomic E-state index is 13.0. The Labute approximate surface area is 136 Å². The molecule has 2 aromatic rings. The molecular weight excluding hydrogens is 290 g/mol. The Balaban J connectivity index is 1.55. The number of nitrogens with zero attached hydrogens (tertiary/aromatic N) is 3. The number of aromatic nitrogens is 2. The second kappa shape index (κ2) is 5.25. The van der Waals surface area contributed by atoms with E-state index < -0.39 is 0 Å². The zero-order chi connectivity index (χ0) is 16.1. The third kappa shape index (κ3) is 2.30. The molecule has 3 atom stereocenters. The van der Waals surface area contributed by atoms with Crippen LogP contribution in [-0.2, 0) is 11.8 Å². The fourth-order valence-electron chi connectivity index (χ4n) is 4.10. The van der Waals surface area contributed by atoms with E-state index in [2.05, 4.69) is 16.9 Å². The van der Waals surface area contributed by atoms with Crippen LogP contribution < -0.4 is 0 Å². The lowest BCUT2D eigenvalue weighted by Crippen LogP contribution is -2.32. The van der Waals surface area contributed by atoms with Crippen LogP contribution in [0.3, 0.4) is 0 Å². The molecule has 1 aliphatic carbocycles. The Morgan fingerprint density at radius 2 is 2.22 bits per heavy atom. The van der Waals surface area contributed by atoms with Crippen molar-refractivity contribution in [2.75, 3.05) is 6.54 Å². The number of furan rings is 1. The van der Waals surface area contributed by atoms with Crippen molar-refractivity contribution < 1.29 is 9.21 Å². The van der Waals surface area contributed by atoms with Gasteiger partial charge in [0, 0.05) is 36.7 Å². The van der Waals surface area contributed by atoms with Gasteiger partial charge >= 0.3 is 0 Å². The molecule has 0 radical (unpaired) electrons. The van der Waals surface area contributed by atoms with Crippen LogP contribution >= 0.6 is 0 Å². The molecule has 1 saturated carbocycles. The molecule has 2 aliphatic rings. The summed E-state index contributed by atoms with van der Waals surface area (Å²) in [7, 11) is 1.97. The fraction of sp³-hybridized carbons (Fsp3) is 0.556. The molecule has 2 fully saturated rings. The maximum absolute atomic E-state index is 13.0. The van der Waals surface area contributed by atoms with E-state index in [4.69, 9.17) is 4.42 Å². The molecule has 0 N–H and O–H groups in total. The van der Waals surface area contributed by atoms with Crippen LogP contribution in [0.4, 0.5) is 0 Å². The zero-order valence-electron chi connectivity index (χ0n) is 14.0. The molecule has 23 heavy (non-hydrogen) atoms. The first kappa shape index (κ1) is 14.5. The van der Waals surface area contributed by atoms with Gasteiger partial charge in [-0.3, -0.25) is 9.48 Å². The van der Waals surface area contributed by atoms with Crippen molar-refractivity contribution in [1.29, 1.82) is 0 Å². The van der Waals surface area contributed by atoms with Gasteiger partial charge in [-0.1, -0.05) is 0 Å². The monoisotopic (exact) mass is 313 g/mol. The summed E-state index contributed by atoms with van der Waals surface area (Å²) in [6, 6.07) is 4.07. The maximum Gasteiger partial charge on any atom is 0.226 e. The summed E-state index contributed by atoms with van der Waals surface area (Å²) in [4.78, 5) is 15.1. The molecule has 0 aromatic carbocycles. The number of carbonyl (C=O) groups excluding carboxylic acids is 1. The van der Waals surface area contributed by atoms with Crippen LogP contribution in [0.2, 0.25) is 0 Å². The Hall–Kier alpha value is -2.04. The van der Waals surface area contributed by atoms with Crippen LogP contribution in [-0.4, -0.2) is 27.1 Å². The van der Waals surface area contributed by atoms with Gasteiger partial charge in [-0.2, -0.15) is 5.10 Å². The Morgan fingerprint density at radius 1 is 1.39 bits per heavy atom. The van der Waals surface area contributed by atoms with Crippen LogP contribution in [0.1, 0.15) is 53.9 Å². The van der Waals surface area contributed by atoms with E-state index in [1.54, 1.807) is 6.26 Å². The first-order valence-corrected chi connectivity index (χ1v) is 8.42. The summed E-state index contributed by atoms with van der Waals surface area (Å²) in [6.45, 7) is 5.00. The summed E-state index contributed by atoms with van der Waals surface area (Å²) in [5, 5.41) is 4.53. The molecule has 1 aliphatic heterocycles. The largest absolute Gasteiger partial charge is 0.469 e. The van der Waals surface area contributed by atoms with E-state index in [1.807, 2.05) is 30.8 Å². The summed E-state index contributed by atoms with van der Waals surface area (Å²) < 4.78 is 7.39. The van der Waals surface area contributed by atoms with Crippen LogP contribution in [0, 0.1) is 19.8 Å². The van der Waals surface area contributed by atoms with Crippen LogP contribution in [0.5, 0.6) is 0 Å². The van der Waals surface area contributed by atoms with Crippen LogP contribution in [0.15, 0.2) is 22.8 Å². The number of likely N-dealkylation sites (tertiary alicyclic amines) is 1. The SMILES string of the molecule is Cc1nn(C)c(C)c1[C@@H]1CCCN1C(=O)[C@@H]1C[C@@H]1c1ccco1. The lowest BCUT2D eigenvalue weighted by Gasteiger charge is -2.25. The van der Waals surface area contributed by atoms with E-state index in [1.165, 1.54) is 11.3 Å². The summed E-state index contributed by atoms with van der Waals surface area (Å²) in [5.74, 6) is 1.61. The van der Waals surface area contributed by atoms with E-state index in [0.29, 0.717) is 0 Å². The molecule has 5 nitrogen and oxygen atoms in total. The highest BCUT2D eigenvalue weighted by Crippen LogP contribution is 2.50. The smallest absolute Gasteiger partial charge is 0.226 e. The third-order valence-electron chi connectivity index (χ3n) is 5.45. The van der Waals surface area contributed by atoms with Gasteiger partial charge in [0.05, 0.1) is 18.0 Å². The molecule has 0 unspecified atom stereocenters. The quantitative estimate of drug-likeness (QED) is 0.875. The van der Waals surface area contributed by atoms with Gasteiger partial charge < -0.3 is 9.32 Å². The molecule has 1 saturated heterocycles. The van der Waals surface area contributed by atoms with Crippen LogP contribution in [0.25, 0.3) is 0 Å². The predicted molar refractivity (Wildman–Crippen MR) is 85.9 cm³/mol. The normalized spacial score (nSPS) is 26.7. The van der Waals surface area contributed by atoms with Gasteiger partial charge in [0.15, 0.2) is 0 Å². The van der Waals surface area contributed by atoms with E-state index in [-0.39, 0.29) is 23.8 Å². The average molecular weight is 313 g/mol. The molecule has 122 valence electrons. The first-order valence-electron chi connectivity index (χ1n) is 8.42. The summed E-state index contributed by atoms with van der Waals surface area (Å²) in [5.41, 5.74) is 3.47. The molecule has 4 rings (SSSR count). The average Bonchev–Trinajstić information content (AvgIpc) is 2.90. The molecule has 0 bridgehead atoms. The first-order chi connectivity index (χ1) is 11.1. The number of carbonyl (C=O) groups is 1. The minimum absolute atomic E-state index is 0.0963. The predicted octanol–water partition coefficient (Wildman–Crippen LogP) is 3.10. The van der Waals surface area contributed by atoms with Gasteiger partial charge in [-0.15, -0.1) is 0 Å². The van der Waals surface area contributed by atoms with Gasteiger partial charge in [-0.05, 0) is 45.2 Å². The van der Waals surface area contributed by atoms with Gasteiger partial charge in [-0.25, -0.2) is 0 Å². The Bertz CT molecular complexity index is 732. The van der Waals surface area contributed by atoms with Crippen molar-refractivity contribution in [2.24, 2.45) is 13.0 Å². The highest BCUT2D eigenvalue weighted by atomic mass is 16.3. The van der Waals surface area contributed by atoms with E-state index in [0.717, 1.165) is 37.3 Å². The second-order valence-corrected chi connectivity index (χ2v) is 6.86. The molecule has 3 heterocycles. The Morgan fingerprint density at radius 3 is 2.87 bits per heavy atom. The second-order valence-electron chi connectivity index (χ2n) is 6.86. The topological polar surface area (TPSA) is 51.3 Å². The van der Waals surface area contributed by atoms with Gasteiger partial charge in [0.25, 0.3) is 0 Å². The molecular formula is C18H23N3O2. The highest BCUT2D eigenvalue weighted by Gasteiger charge is 2.49. The summed E-state index contributed by atoms with van der Waals surface area (Å²) >= 11 is 0. The minimum atomic E-state index is 0.0963. The van der Waals surface area contributed by atoms with Crippen molar-refractivity contribution in [3.8, 4) is 0 Å². The van der Waals surface area contributed by atoms with Crippen molar-refractivity contribution in [3.05, 3.63) is 41.1 Å². The Kier molecular flexibility index (Phi) is 3.32. The molecule has 1 amide bonds. The lowest BCUT2D eigenvalue weighted by molar-refractivity contribution is -0.133. The number of hydrogen-bond acceptors (Lipinski definition) is 3. The van der Waals surface area contributed by atoms with Crippen molar-refractivity contribution in [3.63, 3.8) is 0 Å². The summed E-state index contributed by atoms with van der Waals surface area (Å²) in [6.07, 6.45) is 4.72. The number of hydrogen-bond donors (Lipinski definition) is 0. The molecule has 2 aromatic heterocycles. The minimum Gasteiger partial charge on any atom is -0.469 e.